The summed E-state index contributed by atoms with van der Waals surface area (Å²) in [5.74, 6) is 1.28. The fraction of sp³-hybridized carbons (Fsp3) is 0.364. The molecule has 2 aromatic rings. The number of hydrogen-bond acceptors (Lipinski definition) is 4. The summed E-state index contributed by atoms with van der Waals surface area (Å²) >= 11 is 0. The minimum absolute atomic E-state index is 0.142. The van der Waals surface area contributed by atoms with Crippen molar-refractivity contribution in [3.05, 3.63) is 62.6 Å². The van der Waals surface area contributed by atoms with Crippen molar-refractivity contribution in [1.29, 1.82) is 0 Å². The molecule has 6 nitrogen and oxygen atoms in total. The first-order chi connectivity index (χ1) is 13.4. The number of ether oxygens (including phenoxy) is 2. The van der Waals surface area contributed by atoms with Crippen molar-refractivity contribution < 1.29 is 14.3 Å². The minimum Gasteiger partial charge on any atom is -0.493 e. The molecule has 148 valence electrons. The third-order valence-corrected chi connectivity index (χ3v) is 4.68. The summed E-state index contributed by atoms with van der Waals surface area (Å²) in [5, 5.41) is 2.76. The largest absolute Gasteiger partial charge is 0.493 e. The van der Waals surface area contributed by atoms with E-state index in [0.29, 0.717) is 12.2 Å². The molecule has 0 saturated carbocycles. The number of aromatic amines is 1. The monoisotopic (exact) mass is 382 g/mol. The number of carbonyl (C=O) groups is 1. The van der Waals surface area contributed by atoms with Gasteiger partial charge in [0.25, 0.3) is 5.56 Å². The van der Waals surface area contributed by atoms with Crippen LogP contribution in [0.5, 0.6) is 11.5 Å². The Morgan fingerprint density at radius 1 is 1.36 bits per heavy atom. The van der Waals surface area contributed by atoms with Crippen LogP contribution in [0.25, 0.3) is 6.08 Å². The van der Waals surface area contributed by atoms with Crippen LogP contribution in [0.2, 0.25) is 0 Å². The smallest absolute Gasteiger partial charge is 0.253 e. The van der Waals surface area contributed by atoms with Crippen LogP contribution in [-0.4, -0.2) is 23.6 Å². The summed E-state index contributed by atoms with van der Waals surface area (Å²) in [5.41, 5.74) is 3.94. The van der Waals surface area contributed by atoms with Gasteiger partial charge in [-0.1, -0.05) is 0 Å². The van der Waals surface area contributed by atoms with E-state index in [-0.39, 0.29) is 24.1 Å². The van der Waals surface area contributed by atoms with Gasteiger partial charge in [0.2, 0.25) is 5.91 Å². The Balaban J connectivity index is 1.72. The molecule has 2 heterocycles. The molecule has 1 atom stereocenters. The molecule has 0 bridgehead atoms. The molecule has 1 aliphatic heterocycles. The lowest BCUT2D eigenvalue weighted by Gasteiger charge is -2.10. The second kappa shape index (κ2) is 8.33. The molecule has 3 rings (SSSR count). The van der Waals surface area contributed by atoms with Crippen molar-refractivity contribution in [2.75, 3.05) is 6.61 Å². The van der Waals surface area contributed by atoms with Gasteiger partial charge in [0, 0.05) is 41.4 Å². The maximum Gasteiger partial charge on any atom is 0.253 e. The number of pyridine rings is 1. The van der Waals surface area contributed by atoms with E-state index in [9.17, 15) is 9.59 Å². The molecule has 0 spiro atoms. The predicted molar refractivity (Wildman–Crippen MR) is 109 cm³/mol. The fourth-order valence-electron chi connectivity index (χ4n) is 3.37. The highest BCUT2D eigenvalue weighted by Crippen LogP contribution is 2.35. The lowest BCUT2D eigenvalue weighted by molar-refractivity contribution is -0.116. The summed E-state index contributed by atoms with van der Waals surface area (Å²) in [6, 6.07) is 5.77. The first-order valence-electron chi connectivity index (χ1n) is 9.49. The highest BCUT2D eigenvalue weighted by atomic mass is 16.5. The van der Waals surface area contributed by atoms with Gasteiger partial charge >= 0.3 is 0 Å². The van der Waals surface area contributed by atoms with Crippen LogP contribution in [0, 0.1) is 13.8 Å². The maximum absolute atomic E-state index is 12.3. The van der Waals surface area contributed by atoms with Crippen LogP contribution < -0.4 is 20.3 Å². The van der Waals surface area contributed by atoms with Gasteiger partial charge in [0.15, 0.2) is 0 Å². The molecule has 0 saturated heterocycles. The van der Waals surface area contributed by atoms with E-state index < -0.39 is 0 Å². The standard InChI is InChI=1S/C22H26N2O4/c1-5-27-19-11-17-9-15(4)28-20(17)10-16(19)6-7-21(25)23-12-18-13(2)8-14(3)24-22(18)26/h6-8,10-11,15H,5,9,12H2,1-4H3,(H,23,25)(H,24,26)/b7-6+/t15-/m1/s1. The number of aromatic nitrogens is 1. The van der Waals surface area contributed by atoms with Crippen LogP contribution in [0.1, 0.15) is 41.8 Å². The summed E-state index contributed by atoms with van der Waals surface area (Å²) < 4.78 is 11.5. The molecule has 2 N–H and O–H groups in total. The molecule has 28 heavy (non-hydrogen) atoms. The number of benzene rings is 1. The van der Waals surface area contributed by atoms with Crippen molar-refractivity contribution in [3.8, 4) is 11.5 Å². The van der Waals surface area contributed by atoms with E-state index in [4.69, 9.17) is 9.47 Å². The van der Waals surface area contributed by atoms with Crippen molar-refractivity contribution in [2.24, 2.45) is 0 Å². The molecule has 1 amide bonds. The Morgan fingerprint density at radius 3 is 2.86 bits per heavy atom. The van der Waals surface area contributed by atoms with Gasteiger partial charge < -0.3 is 19.8 Å². The van der Waals surface area contributed by atoms with Crippen molar-refractivity contribution in [2.45, 2.75) is 46.8 Å². The normalized spacial score (nSPS) is 15.4. The second-order valence-corrected chi connectivity index (χ2v) is 7.06. The minimum atomic E-state index is -0.281. The number of H-pyrrole nitrogens is 1. The number of aryl methyl sites for hydroxylation is 2. The molecular formula is C22H26N2O4. The molecule has 1 aromatic carbocycles. The van der Waals surface area contributed by atoms with Gasteiger partial charge in [0.1, 0.15) is 17.6 Å². The quantitative estimate of drug-likeness (QED) is 0.753. The average molecular weight is 382 g/mol. The Labute approximate surface area is 164 Å². The van der Waals surface area contributed by atoms with Gasteiger partial charge in [-0.25, -0.2) is 0 Å². The van der Waals surface area contributed by atoms with Gasteiger partial charge in [-0.15, -0.1) is 0 Å². The molecular weight excluding hydrogens is 356 g/mol. The zero-order valence-corrected chi connectivity index (χ0v) is 16.7. The van der Waals surface area contributed by atoms with Crippen molar-refractivity contribution >= 4 is 12.0 Å². The van der Waals surface area contributed by atoms with Crippen molar-refractivity contribution in [1.82, 2.24) is 10.3 Å². The topological polar surface area (TPSA) is 80.4 Å². The lowest BCUT2D eigenvalue weighted by atomic mass is 10.1. The number of rotatable bonds is 6. The van der Waals surface area contributed by atoms with E-state index in [1.54, 1.807) is 6.08 Å². The predicted octanol–water partition coefficient (Wildman–Crippen LogP) is 3.04. The van der Waals surface area contributed by atoms with Crippen LogP contribution >= 0.6 is 0 Å². The van der Waals surface area contributed by atoms with E-state index in [2.05, 4.69) is 10.3 Å². The average Bonchev–Trinajstić information content (AvgIpc) is 2.98. The number of hydrogen-bond donors (Lipinski definition) is 2. The zero-order valence-electron chi connectivity index (χ0n) is 16.7. The Hall–Kier alpha value is -3.02. The van der Waals surface area contributed by atoms with Crippen LogP contribution in [0.3, 0.4) is 0 Å². The zero-order chi connectivity index (χ0) is 20.3. The molecule has 1 aliphatic rings. The number of carbonyl (C=O) groups excluding carboxylic acids is 1. The van der Waals surface area contributed by atoms with E-state index in [0.717, 1.165) is 40.3 Å². The number of nitrogens with one attached hydrogen (secondary N) is 2. The SMILES string of the molecule is CCOc1cc2c(cc1/C=C/C(=O)NCc1c(C)cc(C)[nH]c1=O)O[C@H](C)C2. The molecule has 0 fully saturated rings. The highest BCUT2D eigenvalue weighted by Gasteiger charge is 2.21. The van der Waals surface area contributed by atoms with E-state index >= 15 is 0 Å². The first-order valence-corrected chi connectivity index (χ1v) is 9.49. The summed E-state index contributed by atoms with van der Waals surface area (Å²) in [6.07, 6.45) is 4.15. The first kappa shape index (κ1) is 19.7. The molecule has 6 heteroatoms. The number of amides is 1. The third kappa shape index (κ3) is 4.44. The Morgan fingerprint density at radius 2 is 2.14 bits per heavy atom. The number of fused-ring (bicyclic) bond motifs is 1. The van der Waals surface area contributed by atoms with E-state index in [1.165, 1.54) is 6.08 Å². The van der Waals surface area contributed by atoms with Gasteiger partial charge in [-0.2, -0.15) is 0 Å². The summed E-state index contributed by atoms with van der Waals surface area (Å²) in [6.45, 7) is 8.35. The fourth-order valence-corrected chi connectivity index (χ4v) is 3.37. The Kier molecular flexibility index (Phi) is 5.87. The van der Waals surface area contributed by atoms with Gasteiger partial charge in [-0.3, -0.25) is 9.59 Å². The third-order valence-electron chi connectivity index (χ3n) is 4.68. The second-order valence-electron chi connectivity index (χ2n) is 7.06. The van der Waals surface area contributed by atoms with Crippen LogP contribution in [0.4, 0.5) is 0 Å². The maximum atomic E-state index is 12.3. The summed E-state index contributed by atoms with van der Waals surface area (Å²) in [4.78, 5) is 27.1. The van der Waals surface area contributed by atoms with Gasteiger partial charge in [-0.05, 0) is 57.5 Å². The lowest BCUT2D eigenvalue weighted by Crippen LogP contribution is -2.26. The molecule has 1 aromatic heterocycles. The van der Waals surface area contributed by atoms with Crippen LogP contribution in [-0.2, 0) is 17.8 Å². The van der Waals surface area contributed by atoms with Crippen molar-refractivity contribution in [3.63, 3.8) is 0 Å². The molecule has 0 radical (unpaired) electrons. The highest BCUT2D eigenvalue weighted by molar-refractivity contribution is 5.92. The van der Waals surface area contributed by atoms with Crippen LogP contribution in [0.15, 0.2) is 29.1 Å². The van der Waals surface area contributed by atoms with E-state index in [1.807, 2.05) is 45.9 Å². The Bertz CT molecular complexity index is 975. The van der Waals surface area contributed by atoms with Gasteiger partial charge in [0.05, 0.1) is 6.61 Å². The molecule has 0 unspecified atom stereocenters. The molecule has 0 aliphatic carbocycles. The summed E-state index contributed by atoms with van der Waals surface area (Å²) in [7, 11) is 0.